The van der Waals surface area contributed by atoms with Gasteiger partial charge < -0.3 is 11.1 Å². The Morgan fingerprint density at radius 2 is 1.78 bits per heavy atom. The fourth-order valence-corrected chi connectivity index (χ4v) is 2.82. The van der Waals surface area contributed by atoms with E-state index in [1.54, 1.807) is 0 Å². The molecule has 0 radical (unpaired) electrons. The summed E-state index contributed by atoms with van der Waals surface area (Å²) in [5.74, 6) is 0. The van der Waals surface area contributed by atoms with Crippen molar-refractivity contribution in [2.45, 2.75) is 45.1 Å². The first-order chi connectivity index (χ1) is 8.46. The van der Waals surface area contributed by atoms with Crippen LogP contribution in [0, 0.1) is 5.41 Å². The molecule has 0 unspecified atom stereocenters. The van der Waals surface area contributed by atoms with Crippen LogP contribution < -0.4 is 11.1 Å². The van der Waals surface area contributed by atoms with Crippen molar-refractivity contribution in [2.75, 3.05) is 11.9 Å². The summed E-state index contributed by atoms with van der Waals surface area (Å²) in [5.41, 5.74) is 7.48. The van der Waals surface area contributed by atoms with Crippen molar-refractivity contribution in [3.05, 3.63) is 29.3 Å². The first-order valence-electron chi connectivity index (χ1n) is 6.69. The molecule has 0 amide bonds. The van der Waals surface area contributed by atoms with Gasteiger partial charge in [-0.15, -0.1) is 0 Å². The van der Waals surface area contributed by atoms with Crippen molar-refractivity contribution < 1.29 is 0 Å². The number of nitrogens with one attached hydrogen (secondary N) is 1. The second-order valence-electron chi connectivity index (χ2n) is 6.25. The highest BCUT2D eigenvalue weighted by molar-refractivity contribution is 6.33. The number of benzene rings is 1. The lowest BCUT2D eigenvalue weighted by molar-refractivity contribution is 0.182. The van der Waals surface area contributed by atoms with Crippen molar-refractivity contribution >= 4 is 17.3 Å². The summed E-state index contributed by atoms with van der Waals surface area (Å²) in [6, 6.07) is 7.90. The Morgan fingerprint density at radius 1 is 1.17 bits per heavy atom. The zero-order valence-corrected chi connectivity index (χ0v) is 12.1. The second-order valence-corrected chi connectivity index (χ2v) is 6.66. The molecular formula is C15H23ClN2. The fraction of sp³-hybridized carbons (Fsp3) is 0.600. The molecule has 0 bridgehead atoms. The summed E-state index contributed by atoms with van der Waals surface area (Å²) in [6.45, 7) is 5.33. The van der Waals surface area contributed by atoms with Crippen LogP contribution >= 0.6 is 11.6 Å². The van der Waals surface area contributed by atoms with Crippen LogP contribution in [0.5, 0.6) is 0 Å². The van der Waals surface area contributed by atoms with Crippen LogP contribution in [0.1, 0.15) is 39.5 Å². The minimum atomic E-state index is 0.0144. The molecule has 0 saturated heterocycles. The molecular weight excluding hydrogens is 244 g/mol. The maximum absolute atomic E-state index is 6.22. The minimum Gasteiger partial charge on any atom is -0.377 e. The van der Waals surface area contributed by atoms with Gasteiger partial charge in [-0.2, -0.15) is 0 Å². The van der Waals surface area contributed by atoms with E-state index in [1.165, 1.54) is 12.8 Å². The lowest BCUT2D eigenvalue weighted by Crippen LogP contribution is -2.49. The van der Waals surface area contributed by atoms with Gasteiger partial charge in [0.1, 0.15) is 0 Å². The van der Waals surface area contributed by atoms with Crippen LogP contribution in [0.15, 0.2) is 24.3 Å². The monoisotopic (exact) mass is 266 g/mol. The third-order valence-corrected chi connectivity index (χ3v) is 4.55. The molecule has 1 saturated carbocycles. The lowest BCUT2D eigenvalue weighted by Gasteiger charge is -2.44. The van der Waals surface area contributed by atoms with Gasteiger partial charge in [-0.05, 0) is 43.2 Å². The predicted molar refractivity (Wildman–Crippen MR) is 79.1 cm³/mol. The third kappa shape index (κ3) is 2.99. The van der Waals surface area contributed by atoms with E-state index < -0.39 is 0 Å². The van der Waals surface area contributed by atoms with Crippen LogP contribution in [0.25, 0.3) is 0 Å². The molecule has 2 nitrogen and oxygen atoms in total. The van der Waals surface area contributed by atoms with Gasteiger partial charge in [0.2, 0.25) is 0 Å². The second kappa shape index (κ2) is 5.10. The third-order valence-electron chi connectivity index (χ3n) is 4.23. The highest BCUT2D eigenvalue weighted by Gasteiger charge is 2.37. The molecule has 1 aromatic rings. The van der Waals surface area contributed by atoms with Crippen molar-refractivity contribution in [3.63, 3.8) is 0 Å². The smallest absolute Gasteiger partial charge is 0.0637 e. The quantitative estimate of drug-likeness (QED) is 0.866. The summed E-state index contributed by atoms with van der Waals surface area (Å²) in [5, 5.41) is 4.37. The van der Waals surface area contributed by atoms with Gasteiger partial charge >= 0.3 is 0 Å². The molecule has 0 aromatic heterocycles. The number of hydrogen-bond donors (Lipinski definition) is 2. The summed E-state index contributed by atoms with van der Waals surface area (Å²) in [7, 11) is 0. The summed E-state index contributed by atoms with van der Waals surface area (Å²) in [6.07, 6.45) is 4.65. The van der Waals surface area contributed by atoms with E-state index in [2.05, 4.69) is 19.2 Å². The van der Waals surface area contributed by atoms with Crippen molar-refractivity contribution in [1.82, 2.24) is 0 Å². The molecule has 1 aromatic carbocycles. The SMILES string of the molecule is CC1(C)CCC(CN)(Nc2ccccc2Cl)CC1. The molecule has 0 atom stereocenters. The van der Waals surface area contributed by atoms with Gasteiger partial charge in [-0.25, -0.2) is 0 Å². The van der Waals surface area contributed by atoms with Crippen LogP contribution in [0.3, 0.4) is 0 Å². The molecule has 100 valence electrons. The zero-order valence-electron chi connectivity index (χ0n) is 11.3. The lowest BCUT2D eigenvalue weighted by atomic mass is 9.69. The van der Waals surface area contributed by atoms with Gasteiger partial charge in [-0.3, -0.25) is 0 Å². The van der Waals surface area contributed by atoms with Crippen LogP contribution in [0.4, 0.5) is 5.69 Å². The average molecular weight is 267 g/mol. The van der Waals surface area contributed by atoms with E-state index in [-0.39, 0.29) is 5.54 Å². The Kier molecular flexibility index (Phi) is 3.88. The molecule has 3 N–H and O–H groups in total. The van der Waals surface area contributed by atoms with Gasteiger partial charge in [-0.1, -0.05) is 37.6 Å². The number of hydrogen-bond acceptors (Lipinski definition) is 2. The molecule has 1 aliphatic carbocycles. The first-order valence-corrected chi connectivity index (χ1v) is 7.07. The maximum atomic E-state index is 6.22. The summed E-state index contributed by atoms with van der Waals surface area (Å²) >= 11 is 6.22. The molecule has 1 aliphatic rings. The van der Waals surface area contributed by atoms with Gasteiger partial charge in [0.15, 0.2) is 0 Å². The van der Waals surface area contributed by atoms with Crippen LogP contribution in [-0.4, -0.2) is 12.1 Å². The summed E-state index contributed by atoms with van der Waals surface area (Å²) in [4.78, 5) is 0. The standard InChI is InChI=1S/C15H23ClN2/c1-14(2)7-9-15(11-17,10-8-14)18-13-6-4-3-5-12(13)16/h3-6,18H,7-11,17H2,1-2H3. The number of halogens is 1. The van der Waals surface area contributed by atoms with E-state index in [1.807, 2.05) is 24.3 Å². The Bertz CT molecular complexity index is 405. The normalized spacial score (nSPS) is 21.6. The maximum Gasteiger partial charge on any atom is 0.0637 e. The molecule has 0 spiro atoms. The largest absolute Gasteiger partial charge is 0.377 e. The van der Waals surface area contributed by atoms with Crippen molar-refractivity contribution in [2.24, 2.45) is 11.1 Å². The van der Waals surface area contributed by atoms with Crippen LogP contribution in [0.2, 0.25) is 5.02 Å². The summed E-state index contributed by atoms with van der Waals surface area (Å²) < 4.78 is 0. The first kappa shape index (κ1) is 13.7. The molecule has 18 heavy (non-hydrogen) atoms. The van der Waals surface area contributed by atoms with E-state index in [0.717, 1.165) is 23.6 Å². The predicted octanol–water partition coefficient (Wildman–Crippen LogP) is 4.05. The molecule has 0 heterocycles. The van der Waals surface area contributed by atoms with E-state index >= 15 is 0 Å². The zero-order chi connectivity index (χ0) is 13.2. The molecule has 0 aliphatic heterocycles. The number of para-hydroxylation sites is 1. The Morgan fingerprint density at radius 3 is 2.33 bits per heavy atom. The van der Waals surface area contributed by atoms with Crippen molar-refractivity contribution in [3.8, 4) is 0 Å². The van der Waals surface area contributed by atoms with E-state index in [4.69, 9.17) is 17.3 Å². The highest BCUT2D eigenvalue weighted by Crippen LogP contribution is 2.41. The highest BCUT2D eigenvalue weighted by atomic mass is 35.5. The topological polar surface area (TPSA) is 38.0 Å². The molecule has 2 rings (SSSR count). The van der Waals surface area contributed by atoms with Gasteiger partial charge in [0.25, 0.3) is 0 Å². The number of anilines is 1. The Balaban J connectivity index is 2.13. The molecule has 3 heteroatoms. The molecule has 1 fully saturated rings. The Hall–Kier alpha value is -0.730. The number of nitrogens with two attached hydrogens (primary N) is 1. The minimum absolute atomic E-state index is 0.0144. The fourth-order valence-electron chi connectivity index (χ4n) is 2.63. The van der Waals surface area contributed by atoms with Crippen LogP contribution in [-0.2, 0) is 0 Å². The number of rotatable bonds is 3. The average Bonchev–Trinajstić information content (AvgIpc) is 2.35. The van der Waals surface area contributed by atoms with Gasteiger partial charge in [0, 0.05) is 12.1 Å². The Labute approximate surface area is 115 Å². The van der Waals surface area contributed by atoms with E-state index in [0.29, 0.717) is 12.0 Å². The van der Waals surface area contributed by atoms with E-state index in [9.17, 15) is 0 Å². The van der Waals surface area contributed by atoms with Gasteiger partial charge in [0.05, 0.1) is 10.7 Å². The van der Waals surface area contributed by atoms with Crippen molar-refractivity contribution in [1.29, 1.82) is 0 Å².